The number of carboxylic acid groups (broad SMARTS) is 1. The molecule has 0 aliphatic carbocycles. The summed E-state index contributed by atoms with van der Waals surface area (Å²) in [5.74, 6) is -1.39. The molecule has 0 spiro atoms. The number of para-hydroxylation sites is 1. The maximum Gasteiger partial charge on any atom is 0.323 e. The van der Waals surface area contributed by atoms with Crippen LogP contribution in [0.3, 0.4) is 0 Å². The molecular weight excluding hydrogens is 292 g/mol. The van der Waals surface area contributed by atoms with E-state index in [0.717, 1.165) is 0 Å². The SMILES string of the molecule is CCCN(CC(=O)O)C(=O)c1cc(Cl)nc2ccccc12. The normalized spacial score (nSPS) is 10.6. The van der Waals surface area contributed by atoms with E-state index in [-0.39, 0.29) is 17.6 Å². The molecule has 0 unspecified atom stereocenters. The lowest BCUT2D eigenvalue weighted by atomic mass is 10.1. The first-order valence-electron chi connectivity index (χ1n) is 6.59. The Morgan fingerprint density at radius 3 is 2.71 bits per heavy atom. The Bertz CT molecular complexity index is 688. The Morgan fingerprint density at radius 2 is 2.05 bits per heavy atom. The fraction of sp³-hybridized carbons (Fsp3) is 0.267. The molecular formula is C15H15ClN2O3. The number of halogens is 1. The number of pyridine rings is 1. The van der Waals surface area contributed by atoms with Gasteiger partial charge in [0.2, 0.25) is 0 Å². The Labute approximate surface area is 127 Å². The fourth-order valence-corrected chi connectivity index (χ4v) is 2.38. The van der Waals surface area contributed by atoms with Gasteiger partial charge in [-0.3, -0.25) is 9.59 Å². The minimum absolute atomic E-state index is 0.212. The van der Waals surface area contributed by atoms with Crippen LogP contribution in [-0.2, 0) is 4.79 Å². The van der Waals surface area contributed by atoms with Crippen LogP contribution in [0, 0.1) is 0 Å². The van der Waals surface area contributed by atoms with Gasteiger partial charge >= 0.3 is 5.97 Å². The highest BCUT2D eigenvalue weighted by Gasteiger charge is 2.20. The van der Waals surface area contributed by atoms with Crippen molar-refractivity contribution in [2.24, 2.45) is 0 Å². The van der Waals surface area contributed by atoms with Gasteiger partial charge < -0.3 is 10.0 Å². The summed E-state index contributed by atoms with van der Waals surface area (Å²) in [4.78, 5) is 29.0. The minimum atomic E-state index is -1.04. The first-order chi connectivity index (χ1) is 10.0. The summed E-state index contributed by atoms with van der Waals surface area (Å²) in [5.41, 5.74) is 0.987. The van der Waals surface area contributed by atoms with Crippen LogP contribution in [0.1, 0.15) is 23.7 Å². The summed E-state index contributed by atoms with van der Waals surface area (Å²) in [6, 6.07) is 8.63. The van der Waals surface area contributed by atoms with E-state index in [2.05, 4.69) is 4.98 Å². The highest BCUT2D eigenvalue weighted by Crippen LogP contribution is 2.22. The molecule has 0 saturated carbocycles. The summed E-state index contributed by atoms with van der Waals surface area (Å²) in [6.45, 7) is 1.93. The number of carboxylic acids is 1. The van der Waals surface area contributed by atoms with Crippen molar-refractivity contribution in [1.29, 1.82) is 0 Å². The fourth-order valence-electron chi connectivity index (χ4n) is 2.18. The van der Waals surface area contributed by atoms with Crippen LogP contribution in [0.15, 0.2) is 30.3 Å². The van der Waals surface area contributed by atoms with Crippen LogP contribution in [-0.4, -0.2) is 40.0 Å². The molecule has 0 aliphatic heterocycles. The number of rotatable bonds is 5. The molecule has 21 heavy (non-hydrogen) atoms. The average Bonchev–Trinajstić information content (AvgIpc) is 2.44. The van der Waals surface area contributed by atoms with Crippen molar-refractivity contribution < 1.29 is 14.7 Å². The van der Waals surface area contributed by atoms with E-state index >= 15 is 0 Å². The van der Waals surface area contributed by atoms with E-state index in [0.29, 0.717) is 29.4 Å². The summed E-state index contributed by atoms with van der Waals surface area (Å²) in [7, 11) is 0. The second kappa shape index (κ2) is 6.54. The standard InChI is InChI=1S/C15H15ClN2O3/c1-2-7-18(9-14(19)20)15(21)11-8-13(16)17-12-6-4-3-5-10(11)12/h3-6,8H,2,7,9H2,1H3,(H,19,20). The van der Waals surface area contributed by atoms with Crippen LogP contribution < -0.4 is 0 Å². The summed E-state index contributed by atoms with van der Waals surface area (Å²) >= 11 is 5.96. The van der Waals surface area contributed by atoms with Gasteiger partial charge in [0.05, 0.1) is 11.1 Å². The second-order valence-corrected chi connectivity index (χ2v) is 5.02. The summed E-state index contributed by atoms with van der Waals surface area (Å²) in [5, 5.41) is 9.82. The number of aromatic nitrogens is 1. The molecule has 2 rings (SSSR count). The maximum atomic E-state index is 12.6. The zero-order valence-electron chi connectivity index (χ0n) is 11.5. The van der Waals surface area contributed by atoms with Gasteiger partial charge in [-0.25, -0.2) is 4.98 Å². The van der Waals surface area contributed by atoms with Crippen LogP contribution in [0.4, 0.5) is 0 Å². The highest BCUT2D eigenvalue weighted by atomic mass is 35.5. The molecule has 1 amide bonds. The van der Waals surface area contributed by atoms with Gasteiger partial charge in [0, 0.05) is 11.9 Å². The number of amides is 1. The first kappa shape index (κ1) is 15.3. The third-order valence-electron chi connectivity index (χ3n) is 3.02. The highest BCUT2D eigenvalue weighted by molar-refractivity contribution is 6.30. The third-order valence-corrected chi connectivity index (χ3v) is 3.22. The largest absolute Gasteiger partial charge is 0.480 e. The summed E-state index contributed by atoms with van der Waals surface area (Å²) in [6.07, 6.45) is 0.676. The average molecular weight is 307 g/mol. The maximum absolute atomic E-state index is 12.6. The van der Waals surface area contributed by atoms with Gasteiger partial charge in [-0.2, -0.15) is 0 Å². The molecule has 0 aliphatic rings. The van der Waals surface area contributed by atoms with E-state index in [9.17, 15) is 9.59 Å². The zero-order chi connectivity index (χ0) is 15.4. The predicted octanol–water partition coefficient (Wildman–Crippen LogP) is 2.83. The van der Waals surface area contributed by atoms with Crippen LogP contribution >= 0.6 is 11.6 Å². The molecule has 6 heteroatoms. The molecule has 5 nitrogen and oxygen atoms in total. The Hall–Kier alpha value is -2.14. The zero-order valence-corrected chi connectivity index (χ0v) is 12.3. The lowest BCUT2D eigenvalue weighted by molar-refractivity contribution is -0.137. The number of hydrogen-bond donors (Lipinski definition) is 1. The van der Waals surface area contributed by atoms with Gasteiger partial charge in [-0.1, -0.05) is 36.7 Å². The first-order valence-corrected chi connectivity index (χ1v) is 6.97. The number of fused-ring (bicyclic) bond motifs is 1. The van der Waals surface area contributed by atoms with E-state index in [1.54, 1.807) is 24.3 Å². The van der Waals surface area contributed by atoms with Crippen LogP contribution in [0.5, 0.6) is 0 Å². The molecule has 1 heterocycles. The molecule has 0 atom stereocenters. The van der Waals surface area contributed by atoms with Crippen molar-refractivity contribution in [3.63, 3.8) is 0 Å². The number of aliphatic carboxylic acids is 1. The van der Waals surface area contributed by atoms with Gasteiger partial charge in [0.1, 0.15) is 11.7 Å². The van der Waals surface area contributed by atoms with Crippen LogP contribution in [0.25, 0.3) is 10.9 Å². The topological polar surface area (TPSA) is 70.5 Å². The Balaban J connectivity index is 2.48. The van der Waals surface area contributed by atoms with Crippen molar-refractivity contribution in [2.75, 3.05) is 13.1 Å². The van der Waals surface area contributed by atoms with Crippen molar-refractivity contribution in [3.8, 4) is 0 Å². The van der Waals surface area contributed by atoms with Gasteiger partial charge in [-0.15, -0.1) is 0 Å². The van der Waals surface area contributed by atoms with Crippen molar-refractivity contribution in [1.82, 2.24) is 9.88 Å². The smallest absolute Gasteiger partial charge is 0.323 e. The lowest BCUT2D eigenvalue weighted by Gasteiger charge is -2.20. The molecule has 0 fully saturated rings. The Morgan fingerprint density at radius 1 is 1.33 bits per heavy atom. The number of carbonyl (C=O) groups excluding carboxylic acids is 1. The Kier molecular flexibility index (Phi) is 4.75. The molecule has 1 aromatic carbocycles. The quantitative estimate of drug-likeness (QED) is 0.862. The molecule has 110 valence electrons. The molecule has 0 bridgehead atoms. The number of hydrogen-bond acceptors (Lipinski definition) is 3. The molecule has 1 aromatic heterocycles. The predicted molar refractivity (Wildman–Crippen MR) is 80.6 cm³/mol. The lowest BCUT2D eigenvalue weighted by Crippen LogP contribution is -2.36. The van der Waals surface area contributed by atoms with Gasteiger partial charge in [0.15, 0.2) is 0 Å². The minimum Gasteiger partial charge on any atom is -0.480 e. The second-order valence-electron chi connectivity index (χ2n) is 4.63. The number of nitrogens with zero attached hydrogens (tertiary/aromatic N) is 2. The van der Waals surface area contributed by atoms with Gasteiger partial charge in [-0.05, 0) is 18.6 Å². The van der Waals surface area contributed by atoms with Gasteiger partial charge in [0.25, 0.3) is 5.91 Å². The van der Waals surface area contributed by atoms with E-state index in [1.807, 2.05) is 6.92 Å². The molecule has 0 radical (unpaired) electrons. The summed E-state index contributed by atoms with van der Waals surface area (Å²) < 4.78 is 0. The van der Waals surface area contributed by atoms with Crippen molar-refractivity contribution >= 4 is 34.4 Å². The third kappa shape index (κ3) is 3.49. The van der Waals surface area contributed by atoms with E-state index < -0.39 is 5.97 Å². The molecule has 2 aromatic rings. The van der Waals surface area contributed by atoms with E-state index in [4.69, 9.17) is 16.7 Å². The number of benzene rings is 1. The van der Waals surface area contributed by atoms with E-state index in [1.165, 1.54) is 11.0 Å². The number of carbonyl (C=O) groups is 2. The van der Waals surface area contributed by atoms with Crippen LogP contribution in [0.2, 0.25) is 5.15 Å². The van der Waals surface area contributed by atoms with Crippen molar-refractivity contribution in [2.45, 2.75) is 13.3 Å². The molecule has 1 N–H and O–H groups in total. The molecule has 0 saturated heterocycles. The monoisotopic (exact) mass is 306 g/mol. The van der Waals surface area contributed by atoms with Crippen molar-refractivity contribution in [3.05, 3.63) is 41.0 Å².